The van der Waals surface area contributed by atoms with Gasteiger partial charge >= 0.3 is 10.2 Å². The number of hydrogen-bond donors (Lipinski definition) is 1. The molecular formula is C31H37ClN4O4S. The molecule has 3 aromatic carbocycles. The second-order valence-corrected chi connectivity index (χ2v) is 13.0. The number of carbonyl (C=O) groups excluding carboxylic acids is 2. The maximum atomic E-state index is 14.2. The number of amides is 2. The van der Waals surface area contributed by atoms with Gasteiger partial charge in [0.25, 0.3) is 0 Å². The van der Waals surface area contributed by atoms with Crippen molar-refractivity contribution in [3.63, 3.8) is 0 Å². The Bertz CT molecular complexity index is 1410. The van der Waals surface area contributed by atoms with E-state index in [9.17, 15) is 18.0 Å². The third-order valence-corrected chi connectivity index (χ3v) is 9.33. The standard InChI is InChI=1S/C31H37ClN4O4S/c1-34(2)41(39,40)36(28-18-7-4-8-19-28)23-30(37)35(22-25-14-11-15-26(32)20-25)29(21-24-12-5-3-6-13-24)31(38)33-27-16-9-10-17-27/h3-8,11-15,18-20,27,29H,9-10,16-17,21-23H2,1-2H3,(H,33,38)/t29-/m0/s1. The minimum absolute atomic E-state index is 0.0545. The summed E-state index contributed by atoms with van der Waals surface area (Å²) < 4.78 is 29.0. The topological polar surface area (TPSA) is 90.0 Å². The van der Waals surface area contributed by atoms with Crippen LogP contribution >= 0.6 is 11.6 Å². The summed E-state index contributed by atoms with van der Waals surface area (Å²) in [5.41, 5.74) is 1.98. The number of halogens is 1. The lowest BCUT2D eigenvalue weighted by molar-refractivity contribution is -0.140. The van der Waals surface area contributed by atoms with Crippen LogP contribution in [0.3, 0.4) is 0 Å². The second kappa shape index (κ2) is 14.0. The lowest BCUT2D eigenvalue weighted by Gasteiger charge is -2.35. The van der Waals surface area contributed by atoms with E-state index >= 15 is 0 Å². The molecule has 4 rings (SSSR count). The molecule has 0 heterocycles. The van der Waals surface area contributed by atoms with E-state index < -0.39 is 28.7 Å². The van der Waals surface area contributed by atoms with E-state index in [4.69, 9.17) is 11.6 Å². The zero-order valence-corrected chi connectivity index (χ0v) is 25.0. The zero-order chi connectivity index (χ0) is 29.4. The van der Waals surface area contributed by atoms with Crippen molar-refractivity contribution >= 4 is 39.3 Å². The van der Waals surface area contributed by atoms with Gasteiger partial charge in [0.15, 0.2) is 0 Å². The molecule has 218 valence electrons. The van der Waals surface area contributed by atoms with Crippen molar-refractivity contribution in [3.05, 3.63) is 101 Å². The van der Waals surface area contributed by atoms with Gasteiger partial charge < -0.3 is 10.2 Å². The highest BCUT2D eigenvalue weighted by Crippen LogP contribution is 2.23. The number of anilines is 1. The third-order valence-electron chi connectivity index (χ3n) is 7.28. The average Bonchev–Trinajstić information content (AvgIpc) is 3.47. The van der Waals surface area contributed by atoms with Crippen molar-refractivity contribution in [2.24, 2.45) is 0 Å². The lowest BCUT2D eigenvalue weighted by Crippen LogP contribution is -2.55. The fourth-order valence-corrected chi connectivity index (χ4v) is 6.33. The van der Waals surface area contributed by atoms with E-state index in [0.29, 0.717) is 10.7 Å². The van der Waals surface area contributed by atoms with Gasteiger partial charge in [0.2, 0.25) is 11.8 Å². The van der Waals surface area contributed by atoms with Crippen LogP contribution in [0.25, 0.3) is 0 Å². The molecule has 1 N–H and O–H groups in total. The molecule has 0 spiro atoms. The molecule has 10 heteroatoms. The van der Waals surface area contributed by atoms with Crippen molar-refractivity contribution in [1.29, 1.82) is 0 Å². The molecular weight excluding hydrogens is 560 g/mol. The first-order valence-corrected chi connectivity index (χ1v) is 15.6. The highest BCUT2D eigenvalue weighted by Gasteiger charge is 2.35. The molecule has 8 nitrogen and oxygen atoms in total. The molecule has 0 aromatic heterocycles. The number of benzene rings is 3. The summed E-state index contributed by atoms with van der Waals surface area (Å²) in [6.07, 6.45) is 4.17. The highest BCUT2D eigenvalue weighted by atomic mass is 35.5. The Labute approximate surface area is 248 Å². The summed E-state index contributed by atoms with van der Waals surface area (Å²) >= 11 is 6.28. The first-order chi connectivity index (χ1) is 19.6. The van der Waals surface area contributed by atoms with E-state index in [1.165, 1.54) is 19.0 Å². The molecule has 1 atom stereocenters. The summed E-state index contributed by atoms with van der Waals surface area (Å²) in [7, 11) is -1.18. The highest BCUT2D eigenvalue weighted by molar-refractivity contribution is 7.90. The van der Waals surface area contributed by atoms with Crippen LogP contribution in [0.4, 0.5) is 5.69 Å². The molecule has 0 aliphatic heterocycles. The fourth-order valence-electron chi connectivity index (χ4n) is 5.06. The van der Waals surface area contributed by atoms with Crippen molar-refractivity contribution in [2.75, 3.05) is 24.9 Å². The van der Waals surface area contributed by atoms with Crippen molar-refractivity contribution < 1.29 is 18.0 Å². The normalized spacial score (nSPS) is 14.5. The van der Waals surface area contributed by atoms with Crippen LogP contribution in [0.2, 0.25) is 5.02 Å². The molecule has 0 unspecified atom stereocenters. The number of rotatable bonds is 12. The molecule has 1 fully saturated rings. The van der Waals surface area contributed by atoms with E-state index in [1.54, 1.807) is 48.5 Å². The monoisotopic (exact) mass is 596 g/mol. The SMILES string of the molecule is CN(C)S(=O)(=O)N(CC(=O)N(Cc1cccc(Cl)c1)[C@@H](Cc1ccccc1)C(=O)NC1CCCC1)c1ccccc1. The molecule has 1 aliphatic rings. The van der Waals surface area contributed by atoms with Crippen LogP contribution in [0.15, 0.2) is 84.9 Å². The van der Waals surface area contributed by atoms with Gasteiger partial charge in [0.1, 0.15) is 12.6 Å². The van der Waals surface area contributed by atoms with Gasteiger partial charge in [-0.15, -0.1) is 0 Å². The Balaban J connectivity index is 1.74. The summed E-state index contributed by atoms with van der Waals surface area (Å²) in [6.45, 7) is -0.396. The Morgan fingerprint density at radius 1 is 0.902 bits per heavy atom. The van der Waals surface area contributed by atoms with Gasteiger partial charge in [0.05, 0.1) is 5.69 Å². The van der Waals surface area contributed by atoms with Crippen molar-refractivity contribution in [3.8, 4) is 0 Å². The minimum atomic E-state index is -4.03. The molecule has 1 aliphatic carbocycles. The minimum Gasteiger partial charge on any atom is -0.352 e. The van der Waals surface area contributed by atoms with Gasteiger partial charge in [-0.1, -0.05) is 85.1 Å². The van der Waals surface area contributed by atoms with Gasteiger partial charge in [-0.3, -0.25) is 9.59 Å². The number of nitrogens with one attached hydrogen (secondary N) is 1. The van der Waals surface area contributed by atoms with Crippen LogP contribution in [0, 0.1) is 0 Å². The van der Waals surface area contributed by atoms with Crippen LogP contribution in [0.5, 0.6) is 0 Å². The Morgan fingerprint density at radius 3 is 2.12 bits per heavy atom. The number of hydrogen-bond acceptors (Lipinski definition) is 4. The third kappa shape index (κ3) is 8.09. The molecule has 41 heavy (non-hydrogen) atoms. The smallest absolute Gasteiger partial charge is 0.304 e. The largest absolute Gasteiger partial charge is 0.352 e. The number of carbonyl (C=O) groups is 2. The van der Waals surface area contributed by atoms with E-state index in [0.717, 1.165) is 45.4 Å². The molecule has 1 saturated carbocycles. The molecule has 3 aromatic rings. The Hall–Kier alpha value is -3.40. The van der Waals surface area contributed by atoms with Gasteiger partial charge in [0, 0.05) is 38.1 Å². The zero-order valence-electron chi connectivity index (χ0n) is 23.4. The average molecular weight is 597 g/mol. The number of nitrogens with zero attached hydrogens (tertiary/aromatic N) is 3. The van der Waals surface area contributed by atoms with Crippen molar-refractivity contribution in [1.82, 2.24) is 14.5 Å². The van der Waals surface area contributed by atoms with Crippen molar-refractivity contribution in [2.45, 2.75) is 50.7 Å². The second-order valence-electron chi connectivity index (χ2n) is 10.5. The lowest BCUT2D eigenvalue weighted by atomic mass is 10.0. The quantitative estimate of drug-likeness (QED) is 0.330. The van der Waals surface area contributed by atoms with E-state index in [1.807, 2.05) is 36.4 Å². The molecule has 0 radical (unpaired) electrons. The van der Waals surface area contributed by atoms with Crippen LogP contribution < -0.4 is 9.62 Å². The van der Waals surface area contributed by atoms with Gasteiger partial charge in [-0.05, 0) is 48.2 Å². The van der Waals surface area contributed by atoms with Crippen LogP contribution in [-0.4, -0.2) is 62.2 Å². The molecule has 0 saturated heterocycles. The van der Waals surface area contributed by atoms with Crippen LogP contribution in [-0.2, 0) is 32.8 Å². The molecule has 0 bridgehead atoms. The summed E-state index contributed by atoms with van der Waals surface area (Å²) in [4.78, 5) is 29.6. The summed E-state index contributed by atoms with van der Waals surface area (Å²) in [5.74, 6) is -0.750. The Kier molecular flexibility index (Phi) is 10.4. The predicted molar refractivity (Wildman–Crippen MR) is 163 cm³/mol. The molecule has 2 amide bonds. The van der Waals surface area contributed by atoms with E-state index in [-0.39, 0.29) is 24.9 Å². The van der Waals surface area contributed by atoms with E-state index in [2.05, 4.69) is 5.32 Å². The maximum Gasteiger partial charge on any atom is 0.304 e. The number of para-hydroxylation sites is 1. The van der Waals surface area contributed by atoms with Crippen LogP contribution in [0.1, 0.15) is 36.8 Å². The first kappa shape index (κ1) is 30.6. The van der Waals surface area contributed by atoms with Gasteiger partial charge in [-0.2, -0.15) is 12.7 Å². The maximum absolute atomic E-state index is 14.2. The predicted octanol–water partition coefficient (Wildman–Crippen LogP) is 4.65. The van der Waals surface area contributed by atoms with Gasteiger partial charge in [-0.25, -0.2) is 4.31 Å². The first-order valence-electron chi connectivity index (χ1n) is 13.8. The summed E-state index contributed by atoms with van der Waals surface area (Å²) in [5, 5.41) is 3.67. The summed E-state index contributed by atoms with van der Waals surface area (Å²) in [6, 6.07) is 24.3. The fraction of sp³-hybridized carbons (Fsp3) is 0.355. The Morgan fingerprint density at radius 2 is 1.51 bits per heavy atom.